The van der Waals surface area contributed by atoms with Gasteiger partial charge in [0.1, 0.15) is 5.75 Å². The zero-order chi connectivity index (χ0) is 12.8. The van der Waals surface area contributed by atoms with Gasteiger partial charge in [-0.3, -0.25) is 4.90 Å². The Labute approximate surface area is 113 Å². The van der Waals surface area contributed by atoms with Crippen LogP contribution in [0.4, 0.5) is 0 Å². The molecule has 0 bridgehead atoms. The van der Waals surface area contributed by atoms with Gasteiger partial charge in [-0.1, -0.05) is 43.1 Å². The van der Waals surface area contributed by atoms with Crippen LogP contribution in [-0.4, -0.2) is 23.1 Å². The van der Waals surface area contributed by atoms with Crippen molar-refractivity contribution in [1.29, 1.82) is 0 Å². The lowest BCUT2D eigenvalue weighted by Crippen LogP contribution is -2.28. The number of aromatic hydroxyl groups is 1. The third kappa shape index (κ3) is 4.68. The van der Waals surface area contributed by atoms with Gasteiger partial charge in [-0.15, -0.1) is 0 Å². The first-order valence-corrected chi connectivity index (χ1v) is 7.05. The van der Waals surface area contributed by atoms with Gasteiger partial charge in [-0.05, 0) is 36.2 Å². The molecule has 0 amide bonds. The van der Waals surface area contributed by atoms with Crippen molar-refractivity contribution in [2.45, 2.75) is 33.7 Å². The summed E-state index contributed by atoms with van der Waals surface area (Å²) in [5.41, 5.74) is 1.15. The third-order valence-corrected chi connectivity index (χ3v) is 3.91. The zero-order valence-corrected chi connectivity index (χ0v) is 12.5. The summed E-state index contributed by atoms with van der Waals surface area (Å²) in [5.74, 6) is 1.05. The van der Waals surface area contributed by atoms with E-state index in [1.54, 1.807) is 6.07 Å². The molecule has 0 heterocycles. The summed E-state index contributed by atoms with van der Waals surface area (Å²) in [4.78, 5) is 2.41. The Kier molecular flexibility index (Phi) is 6.00. The first-order valence-electron chi connectivity index (χ1n) is 6.26. The molecule has 17 heavy (non-hydrogen) atoms. The van der Waals surface area contributed by atoms with Gasteiger partial charge >= 0.3 is 0 Å². The molecule has 1 N–H and O–H groups in total. The van der Waals surface area contributed by atoms with E-state index in [1.807, 2.05) is 12.1 Å². The summed E-state index contributed by atoms with van der Waals surface area (Å²) >= 11 is 3.53. The van der Waals surface area contributed by atoms with E-state index in [-0.39, 0.29) is 0 Å². The minimum atomic E-state index is 0.336. The lowest BCUT2D eigenvalue weighted by atomic mass is 10.1. The van der Waals surface area contributed by atoms with Crippen molar-refractivity contribution in [2.24, 2.45) is 5.92 Å². The molecule has 1 rings (SSSR count). The number of phenolic OH excluding ortho intramolecular Hbond substituents is 1. The molecule has 96 valence electrons. The Morgan fingerprint density at radius 1 is 1.35 bits per heavy atom. The van der Waals surface area contributed by atoms with Gasteiger partial charge in [0.05, 0.1) is 0 Å². The maximum Gasteiger partial charge on any atom is 0.115 e. The molecule has 0 aliphatic carbocycles. The van der Waals surface area contributed by atoms with Crippen molar-refractivity contribution in [3.05, 3.63) is 28.2 Å². The van der Waals surface area contributed by atoms with Crippen LogP contribution in [0.5, 0.6) is 5.75 Å². The van der Waals surface area contributed by atoms with E-state index in [9.17, 15) is 5.11 Å². The van der Waals surface area contributed by atoms with E-state index in [0.717, 1.165) is 29.7 Å². The van der Waals surface area contributed by atoms with Crippen LogP contribution in [-0.2, 0) is 6.54 Å². The van der Waals surface area contributed by atoms with E-state index in [1.165, 1.54) is 6.42 Å². The minimum absolute atomic E-state index is 0.336. The Bertz CT molecular complexity index is 354. The fraction of sp³-hybridized carbons (Fsp3) is 0.571. The highest BCUT2D eigenvalue weighted by atomic mass is 79.9. The van der Waals surface area contributed by atoms with Gasteiger partial charge < -0.3 is 5.11 Å². The standard InChI is InChI=1S/C14H22BrNO/c1-4-11(3)9-16(5-2)10-12-8-13(17)6-7-14(12)15/h6-8,11,17H,4-5,9-10H2,1-3H3. The molecule has 0 aliphatic heterocycles. The van der Waals surface area contributed by atoms with Gasteiger partial charge in [-0.2, -0.15) is 0 Å². The number of hydrogen-bond donors (Lipinski definition) is 1. The number of nitrogens with zero attached hydrogens (tertiary/aromatic N) is 1. The summed E-state index contributed by atoms with van der Waals surface area (Å²) in [6.45, 7) is 9.71. The Morgan fingerprint density at radius 3 is 2.65 bits per heavy atom. The quantitative estimate of drug-likeness (QED) is 0.857. The number of hydrogen-bond acceptors (Lipinski definition) is 2. The van der Waals surface area contributed by atoms with E-state index >= 15 is 0 Å². The predicted octanol–water partition coefficient (Wildman–Crippen LogP) is 4.02. The van der Waals surface area contributed by atoms with Gasteiger partial charge in [0.15, 0.2) is 0 Å². The second-order valence-corrected chi connectivity index (χ2v) is 5.47. The van der Waals surface area contributed by atoms with Crippen molar-refractivity contribution < 1.29 is 5.11 Å². The average molecular weight is 300 g/mol. The van der Waals surface area contributed by atoms with Crippen LogP contribution in [0.15, 0.2) is 22.7 Å². The molecule has 0 radical (unpaired) electrons. The normalized spacial score (nSPS) is 13.0. The fourth-order valence-electron chi connectivity index (χ4n) is 1.80. The maximum absolute atomic E-state index is 9.51. The smallest absolute Gasteiger partial charge is 0.115 e. The van der Waals surface area contributed by atoms with Crippen LogP contribution in [0.2, 0.25) is 0 Å². The van der Waals surface area contributed by atoms with Crippen LogP contribution in [0.25, 0.3) is 0 Å². The Balaban J connectivity index is 2.69. The van der Waals surface area contributed by atoms with E-state index in [0.29, 0.717) is 11.7 Å². The zero-order valence-electron chi connectivity index (χ0n) is 10.9. The Hall–Kier alpha value is -0.540. The highest BCUT2D eigenvalue weighted by Gasteiger charge is 2.10. The lowest BCUT2D eigenvalue weighted by Gasteiger charge is -2.24. The average Bonchev–Trinajstić information content (AvgIpc) is 2.32. The molecule has 0 spiro atoms. The molecule has 1 aromatic carbocycles. The van der Waals surface area contributed by atoms with Crippen LogP contribution in [0.3, 0.4) is 0 Å². The predicted molar refractivity (Wildman–Crippen MR) is 76.2 cm³/mol. The van der Waals surface area contributed by atoms with Gasteiger partial charge in [-0.25, -0.2) is 0 Å². The summed E-state index contributed by atoms with van der Waals surface area (Å²) < 4.78 is 1.07. The molecule has 0 fully saturated rings. The van der Waals surface area contributed by atoms with Crippen LogP contribution in [0, 0.1) is 5.92 Å². The highest BCUT2D eigenvalue weighted by Crippen LogP contribution is 2.23. The SMILES string of the molecule is CCC(C)CN(CC)Cc1cc(O)ccc1Br. The molecule has 0 aromatic heterocycles. The lowest BCUT2D eigenvalue weighted by molar-refractivity contribution is 0.237. The third-order valence-electron chi connectivity index (χ3n) is 3.14. The van der Waals surface area contributed by atoms with Gasteiger partial charge in [0.25, 0.3) is 0 Å². The fourth-order valence-corrected chi connectivity index (χ4v) is 2.17. The summed E-state index contributed by atoms with van der Waals surface area (Å²) in [6.07, 6.45) is 1.21. The van der Waals surface area contributed by atoms with Crippen LogP contribution >= 0.6 is 15.9 Å². The first-order chi connectivity index (χ1) is 8.06. The molecule has 1 atom stereocenters. The van der Waals surface area contributed by atoms with E-state index in [4.69, 9.17) is 0 Å². The molecule has 0 saturated heterocycles. The summed E-state index contributed by atoms with van der Waals surface area (Å²) in [6, 6.07) is 5.45. The van der Waals surface area contributed by atoms with Gasteiger partial charge in [0, 0.05) is 17.6 Å². The molecular formula is C14H22BrNO. The van der Waals surface area contributed by atoms with Crippen molar-refractivity contribution in [2.75, 3.05) is 13.1 Å². The van der Waals surface area contributed by atoms with Crippen molar-refractivity contribution >= 4 is 15.9 Å². The molecule has 0 aliphatic rings. The number of rotatable bonds is 6. The van der Waals surface area contributed by atoms with Crippen molar-refractivity contribution in [3.8, 4) is 5.75 Å². The Morgan fingerprint density at radius 2 is 2.06 bits per heavy atom. The topological polar surface area (TPSA) is 23.5 Å². The van der Waals surface area contributed by atoms with Crippen molar-refractivity contribution in [1.82, 2.24) is 4.90 Å². The molecular weight excluding hydrogens is 278 g/mol. The number of halogens is 1. The van der Waals surface area contributed by atoms with Crippen molar-refractivity contribution in [3.63, 3.8) is 0 Å². The molecule has 0 saturated carbocycles. The van der Waals surface area contributed by atoms with Crippen LogP contribution < -0.4 is 0 Å². The number of phenols is 1. The monoisotopic (exact) mass is 299 g/mol. The molecule has 1 unspecified atom stereocenters. The maximum atomic E-state index is 9.51. The molecule has 1 aromatic rings. The number of benzene rings is 1. The molecule has 3 heteroatoms. The largest absolute Gasteiger partial charge is 0.508 e. The first kappa shape index (κ1) is 14.5. The van der Waals surface area contributed by atoms with Crippen LogP contribution in [0.1, 0.15) is 32.8 Å². The second kappa shape index (κ2) is 7.02. The minimum Gasteiger partial charge on any atom is -0.508 e. The highest BCUT2D eigenvalue weighted by molar-refractivity contribution is 9.10. The summed E-state index contributed by atoms with van der Waals surface area (Å²) in [7, 11) is 0. The van der Waals surface area contributed by atoms with E-state index < -0.39 is 0 Å². The van der Waals surface area contributed by atoms with E-state index in [2.05, 4.69) is 41.6 Å². The second-order valence-electron chi connectivity index (χ2n) is 4.62. The summed E-state index contributed by atoms with van der Waals surface area (Å²) in [5, 5.41) is 9.51. The molecule has 2 nitrogen and oxygen atoms in total. The van der Waals surface area contributed by atoms with Gasteiger partial charge in [0.2, 0.25) is 0 Å².